The van der Waals surface area contributed by atoms with Crippen LogP contribution in [0.25, 0.3) is 11.6 Å². The Morgan fingerprint density at radius 1 is 1.00 bits per heavy atom. The number of hydrogen-bond acceptors (Lipinski definition) is 3. The molecule has 0 unspecified atom stereocenters. The van der Waals surface area contributed by atoms with Crippen LogP contribution in [0.1, 0.15) is 18.1 Å². The molecular weight excluding hydrogens is 356 g/mol. The van der Waals surface area contributed by atoms with Crippen LogP contribution in [0.2, 0.25) is 5.02 Å². The van der Waals surface area contributed by atoms with Crippen LogP contribution in [0.15, 0.2) is 54.6 Å². The van der Waals surface area contributed by atoms with Gasteiger partial charge in [0.2, 0.25) is 0 Å². The number of methoxy groups -OCH3 is 2. The van der Waals surface area contributed by atoms with E-state index in [4.69, 9.17) is 36.1 Å². The first-order valence-corrected chi connectivity index (χ1v) is 8.03. The minimum Gasteiger partial charge on any atom is -0.493 e. The second kappa shape index (κ2) is 10.8. The van der Waals surface area contributed by atoms with Crippen LogP contribution < -0.4 is 9.47 Å². The summed E-state index contributed by atoms with van der Waals surface area (Å²) >= 11 is 5.90. The summed E-state index contributed by atoms with van der Waals surface area (Å²) in [5.74, 6) is 1.45. The van der Waals surface area contributed by atoms with Gasteiger partial charge in [0.25, 0.3) is 0 Å². The zero-order valence-corrected chi connectivity index (χ0v) is 15.5. The van der Waals surface area contributed by atoms with Crippen molar-refractivity contribution in [3.63, 3.8) is 0 Å². The molecule has 0 aliphatic heterocycles. The van der Waals surface area contributed by atoms with Crippen molar-refractivity contribution in [1.29, 1.82) is 0 Å². The van der Waals surface area contributed by atoms with Crippen LogP contribution in [0.5, 0.6) is 11.5 Å². The molecule has 6 heteroatoms. The van der Waals surface area contributed by atoms with Gasteiger partial charge in [0.1, 0.15) is 0 Å². The Morgan fingerprint density at radius 2 is 1.58 bits per heavy atom. The molecule has 0 radical (unpaired) electrons. The third kappa shape index (κ3) is 6.91. The molecule has 0 aliphatic carbocycles. The van der Waals surface area contributed by atoms with Crippen LogP contribution in [-0.2, 0) is 0 Å². The van der Waals surface area contributed by atoms with Crippen molar-refractivity contribution < 1.29 is 24.5 Å². The number of hydrogen-bond donors (Lipinski definition) is 2. The lowest BCUT2D eigenvalue weighted by molar-refractivity contribution is 0.137. The number of rotatable bonds is 5. The van der Waals surface area contributed by atoms with Crippen molar-refractivity contribution in [2.45, 2.75) is 6.92 Å². The van der Waals surface area contributed by atoms with E-state index in [2.05, 4.69) is 18.2 Å². The Morgan fingerprint density at radius 3 is 2.08 bits per heavy atom. The number of ether oxygens (including phenoxy) is 2. The van der Waals surface area contributed by atoms with Gasteiger partial charge in [-0.2, -0.15) is 0 Å². The van der Waals surface area contributed by atoms with E-state index in [1.165, 1.54) is 0 Å². The first kappa shape index (κ1) is 21.1. The van der Waals surface area contributed by atoms with Gasteiger partial charge in [-0.15, -0.1) is 0 Å². The molecule has 0 aliphatic rings. The molecule has 0 fully saturated rings. The molecule has 2 rings (SSSR count). The smallest absolute Gasteiger partial charge is 0.493 e. The Hall–Kier alpha value is -2.92. The Kier molecular flexibility index (Phi) is 8.81. The van der Waals surface area contributed by atoms with E-state index >= 15 is 0 Å². The number of halogens is 1. The lowest BCUT2D eigenvalue weighted by atomic mass is 10.0. The fourth-order valence-corrected chi connectivity index (χ4v) is 2.26. The maximum absolute atomic E-state index is 8.56. The number of carboxylic acid groups (broad SMARTS) is 2. The second-order valence-corrected chi connectivity index (χ2v) is 5.42. The molecule has 0 atom stereocenters. The number of carbonyl (C=O) groups is 1. The maximum Gasteiger partial charge on any atom is 0.503 e. The molecule has 26 heavy (non-hydrogen) atoms. The zero-order valence-electron chi connectivity index (χ0n) is 14.8. The SMILES string of the molecule is CC=C(C=Cc1ccc(Cl)cc1)c1ccc(OC)c(OC)c1.O=C(O)O. The highest BCUT2D eigenvalue weighted by Crippen LogP contribution is 2.31. The lowest BCUT2D eigenvalue weighted by Crippen LogP contribution is -1.91. The van der Waals surface area contributed by atoms with E-state index in [1.807, 2.05) is 49.4 Å². The van der Waals surface area contributed by atoms with Gasteiger partial charge in [0, 0.05) is 5.02 Å². The van der Waals surface area contributed by atoms with Gasteiger partial charge in [-0.3, -0.25) is 0 Å². The summed E-state index contributed by atoms with van der Waals surface area (Å²) in [5.41, 5.74) is 3.28. The third-order valence-corrected chi connectivity index (χ3v) is 3.61. The third-order valence-electron chi connectivity index (χ3n) is 3.35. The molecule has 0 saturated carbocycles. The Balaban J connectivity index is 0.000000765. The molecule has 5 nitrogen and oxygen atoms in total. The molecule has 2 aromatic carbocycles. The van der Waals surface area contributed by atoms with Crippen LogP contribution >= 0.6 is 11.6 Å². The van der Waals surface area contributed by atoms with E-state index in [-0.39, 0.29) is 0 Å². The quantitative estimate of drug-likeness (QED) is 0.655. The van der Waals surface area contributed by atoms with E-state index < -0.39 is 6.16 Å². The van der Waals surface area contributed by atoms with Gasteiger partial charge < -0.3 is 19.7 Å². The molecule has 0 heterocycles. The van der Waals surface area contributed by atoms with Crippen molar-refractivity contribution >= 4 is 29.4 Å². The molecule has 2 N–H and O–H groups in total. The van der Waals surface area contributed by atoms with E-state index in [9.17, 15) is 0 Å². The summed E-state index contributed by atoms with van der Waals surface area (Å²) in [6.45, 7) is 2.01. The van der Waals surface area contributed by atoms with Crippen molar-refractivity contribution in [2.24, 2.45) is 0 Å². The van der Waals surface area contributed by atoms with Crippen molar-refractivity contribution in [1.82, 2.24) is 0 Å². The molecule has 0 aromatic heterocycles. The van der Waals surface area contributed by atoms with Gasteiger partial charge in [-0.1, -0.05) is 48.0 Å². The number of benzene rings is 2. The van der Waals surface area contributed by atoms with Crippen molar-refractivity contribution in [3.05, 3.63) is 70.8 Å². The summed E-state index contributed by atoms with van der Waals surface area (Å²) < 4.78 is 10.6. The molecule has 0 amide bonds. The predicted octanol–water partition coefficient (Wildman–Crippen LogP) is 5.70. The highest BCUT2D eigenvalue weighted by atomic mass is 35.5. The van der Waals surface area contributed by atoms with Crippen molar-refractivity contribution in [3.8, 4) is 11.5 Å². The normalized spacial score (nSPS) is 10.8. The van der Waals surface area contributed by atoms with Gasteiger partial charge in [0.05, 0.1) is 14.2 Å². The maximum atomic E-state index is 8.56. The minimum absolute atomic E-state index is 0.722. The highest BCUT2D eigenvalue weighted by Gasteiger charge is 2.06. The van der Waals surface area contributed by atoms with Gasteiger partial charge in [-0.05, 0) is 47.9 Å². The van der Waals surface area contributed by atoms with Crippen LogP contribution in [0.4, 0.5) is 4.79 Å². The van der Waals surface area contributed by atoms with Gasteiger partial charge in [-0.25, -0.2) is 4.79 Å². The minimum atomic E-state index is -1.83. The van der Waals surface area contributed by atoms with Crippen molar-refractivity contribution in [2.75, 3.05) is 14.2 Å². The fourth-order valence-electron chi connectivity index (χ4n) is 2.13. The average Bonchev–Trinajstić information content (AvgIpc) is 2.63. The van der Waals surface area contributed by atoms with E-state index in [0.717, 1.165) is 33.2 Å². The molecule has 138 valence electrons. The molecular formula is C20H21ClO5. The summed E-state index contributed by atoms with van der Waals surface area (Å²) in [6, 6.07) is 13.6. The highest BCUT2D eigenvalue weighted by molar-refractivity contribution is 6.30. The van der Waals surface area contributed by atoms with E-state index in [1.54, 1.807) is 14.2 Å². The first-order chi connectivity index (χ1) is 12.4. The summed E-state index contributed by atoms with van der Waals surface area (Å²) in [6.07, 6.45) is 4.36. The summed E-state index contributed by atoms with van der Waals surface area (Å²) in [5, 5.41) is 14.7. The molecule has 0 bridgehead atoms. The average molecular weight is 377 g/mol. The van der Waals surface area contributed by atoms with Crippen LogP contribution in [0.3, 0.4) is 0 Å². The Bertz CT molecular complexity index is 775. The predicted molar refractivity (Wildman–Crippen MR) is 104 cm³/mol. The molecule has 0 saturated heterocycles. The standard InChI is InChI=1S/C19H19ClO2.CH2O3/c1-4-15(8-5-14-6-10-17(20)11-7-14)16-9-12-18(21-2)19(13-16)22-3;2-1(3)4/h4-13H,1-3H3;(H2,2,3,4). The second-order valence-electron chi connectivity index (χ2n) is 4.98. The fraction of sp³-hybridized carbons (Fsp3) is 0.150. The summed E-state index contributed by atoms with van der Waals surface area (Å²) in [7, 11) is 3.27. The van der Waals surface area contributed by atoms with Gasteiger partial charge >= 0.3 is 6.16 Å². The largest absolute Gasteiger partial charge is 0.503 e. The van der Waals surface area contributed by atoms with Gasteiger partial charge in [0.15, 0.2) is 11.5 Å². The first-order valence-electron chi connectivity index (χ1n) is 7.65. The topological polar surface area (TPSA) is 76.0 Å². The lowest BCUT2D eigenvalue weighted by Gasteiger charge is -2.10. The molecule has 0 spiro atoms. The monoisotopic (exact) mass is 376 g/mol. The zero-order chi connectivity index (χ0) is 19.5. The van der Waals surface area contributed by atoms with Crippen LogP contribution in [0, 0.1) is 0 Å². The van der Waals surface area contributed by atoms with Crippen LogP contribution in [-0.4, -0.2) is 30.6 Å². The van der Waals surface area contributed by atoms with E-state index in [0.29, 0.717) is 0 Å². The summed E-state index contributed by atoms with van der Waals surface area (Å²) in [4.78, 5) is 8.56. The molecule has 2 aromatic rings. The number of allylic oxidation sites excluding steroid dienone is 3. The Labute approximate surface area is 157 Å².